The third-order valence-electron chi connectivity index (χ3n) is 4.23. The van der Waals surface area contributed by atoms with Crippen molar-refractivity contribution in [3.05, 3.63) is 35.4 Å². The van der Waals surface area contributed by atoms with Crippen molar-refractivity contribution in [2.45, 2.75) is 58.5 Å². The summed E-state index contributed by atoms with van der Waals surface area (Å²) in [5.41, 5.74) is 2.84. The Morgan fingerprint density at radius 1 is 1.18 bits per heavy atom. The second kappa shape index (κ2) is 6.20. The van der Waals surface area contributed by atoms with E-state index < -0.39 is 0 Å². The molecule has 2 rings (SSSR count). The maximum absolute atomic E-state index is 3.71. The van der Waals surface area contributed by atoms with E-state index in [1.807, 2.05) is 0 Å². The first kappa shape index (κ1) is 12.6. The van der Waals surface area contributed by atoms with Gasteiger partial charge >= 0.3 is 0 Å². The molecule has 0 aromatic heterocycles. The van der Waals surface area contributed by atoms with Crippen LogP contribution in [0.4, 0.5) is 0 Å². The number of rotatable bonds is 4. The highest BCUT2D eigenvalue weighted by molar-refractivity contribution is 5.25. The summed E-state index contributed by atoms with van der Waals surface area (Å²) < 4.78 is 0. The Labute approximate surface area is 106 Å². The van der Waals surface area contributed by atoms with Crippen LogP contribution in [0, 0.1) is 12.8 Å². The van der Waals surface area contributed by atoms with Crippen molar-refractivity contribution in [1.29, 1.82) is 0 Å². The maximum Gasteiger partial charge on any atom is 0.0210 e. The average Bonchev–Trinajstić information content (AvgIpc) is 2.38. The highest BCUT2D eigenvalue weighted by atomic mass is 14.9. The molecule has 0 aliphatic heterocycles. The molecule has 1 aliphatic rings. The summed E-state index contributed by atoms with van der Waals surface area (Å²) in [4.78, 5) is 0. The summed E-state index contributed by atoms with van der Waals surface area (Å²) in [6.07, 6.45) is 7.15. The molecule has 0 amide bonds. The van der Waals surface area contributed by atoms with E-state index in [1.54, 1.807) is 0 Å². The monoisotopic (exact) mass is 231 g/mol. The molecule has 94 valence electrons. The molecule has 0 heterocycles. The van der Waals surface area contributed by atoms with Crippen molar-refractivity contribution in [3.63, 3.8) is 0 Å². The van der Waals surface area contributed by atoms with E-state index in [1.165, 1.54) is 43.2 Å². The lowest BCUT2D eigenvalue weighted by atomic mass is 9.84. The molecule has 1 aliphatic carbocycles. The predicted molar refractivity (Wildman–Crippen MR) is 74.1 cm³/mol. The van der Waals surface area contributed by atoms with Gasteiger partial charge in [-0.15, -0.1) is 0 Å². The molecule has 0 bridgehead atoms. The first-order valence-electron chi connectivity index (χ1n) is 7.05. The minimum Gasteiger partial charge on any atom is -0.310 e. The Balaban J connectivity index is 1.83. The molecule has 0 spiro atoms. The molecule has 0 radical (unpaired) electrons. The molecule has 1 N–H and O–H groups in total. The van der Waals surface area contributed by atoms with Crippen LogP contribution in [0.1, 0.15) is 50.2 Å². The van der Waals surface area contributed by atoms with Crippen LogP contribution >= 0.6 is 0 Å². The average molecular weight is 231 g/mol. The van der Waals surface area contributed by atoms with Crippen LogP contribution in [-0.2, 0) is 6.54 Å². The third kappa shape index (κ3) is 3.57. The largest absolute Gasteiger partial charge is 0.310 e. The van der Waals surface area contributed by atoms with Gasteiger partial charge in [-0.2, -0.15) is 0 Å². The SMILES string of the molecule is Cc1ccccc1CN[C@H](C)C1CCCCC1. The summed E-state index contributed by atoms with van der Waals surface area (Å²) in [6.45, 7) is 5.57. The van der Waals surface area contributed by atoms with Gasteiger partial charge in [0.25, 0.3) is 0 Å². The quantitative estimate of drug-likeness (QED) is 0.824. The number of nitrogens with one attached hydrogen (secondary N) is 1. The van der Waals surface area contributed by atoms with Gasteiger partial charge in [-0.25, -0.2) is 0 Å². The Kier molecular flexibility index (Phi) is 4.61. The number of hydrogen-bond acceptors (Lipinski definition) is 1. The van der Waals surface area contributed by atoms with Crippen molar-refractivity contribution in [2.24, 2.45) is 5.92 Å². The molecule has 1 nitrogen and oxygen atoms in total. The van der Waals surface area contributed by atoms with Gasteiger partial charge < -0.3 is 5.32 Å². The van der Waals surface area contributed by atoms with E-state index in [0.717, 1.165) is 12.5 Å². The van der Waals surface area contributed by atoms with Crippen LogP contribution in [0.25, 0.3) is 0 Å². The summed E-state index contributed by atoms with van der Waals surface area (Å²) in [5.74, 6) is 0.896. The van der Waals surface area contributed by atoms with Crippen LogP contribution < -0.4 is 5.32 Å². The fourth-order valence-corrected chi connectivity index (χ4v) is 2.88. The number of benzene rings is 1. The van der Waals surface area contributed by atoms with Gasteiger partial charge in [-0.05, 0) is 43.7 Å². The van der Waals surface area contributed by atoms with E-state index in [4.69, 9.17) is 0 Å². The van der Waals surface area contributed by atoms with E-state index in [9.17, 15) is 0 Å². The minimum atomic E-state index is 0.662. The molecule has 1 heteroatoms. The second-order valence-electron chi connectivity index (χ2n) is 5.49. The van der Waals surface area contributed by atoms with Gasteiger partial charge in [-0.1, -0.05) is 43.5 Å². The molecular weight excluding hydrogens is 206 g/mol. The third-order valence-corrected chi connectivity index (χ3v) is 4.23. The van der Waals surface area contributed by atoms with Gasteiger partial charge in [-0.3, -0.25) is 0 Å². The summed E-state index contributed by atoms with van der Waals surface area (Å²) in [7, 11) is 0. The zero-order valence-electron chi connectivity index (χ0n) is 11.2. The molecule has 1 aromatic carbocycles. The lowest BCUT2D eigenvalue weighted by Gasteiger charge is -2.28. The zero-order valence-corrected chi connectivity index (χ0v) is 11.2. The van der Waals surface area contributed by atoms with Crippen LogP contribution in [0.3, 0.4) is 0 Å². The Morgan fingerprint density at radius 2 is 1.88 bits per heavy atom. The molecule has 1 atom stereocenters. The van der Waals surface area contributed by atoms with Gasteiger partial charge in [0.2, 0.25) is 0 Å². The zero-order chi connectivity index (χ0) is 12.1. The van der Waals surface area contributed by atoms with Crippen LogP contribution in [0.15, 0.2) is 24.3 Å². The van der Waals surface area contributed by atoms with Gasteiger partial charge in [0, 0.05) is 12.6 Å². The first-order valence-corrected chi connectivity index (χ1v) is 7.05. The second-order valence-corrected chi connectivity index (χ2v) is 5.49. The molecule has 1 aromatic rings. The van der Waals surface area contributed by atoms with Crippen LogP contribution in [-0.4, -0.2) is 6.04 Å². The fraction of sp³-hybridized carbons (Fsp3) is 0.625. The van der Waals surface area contributed by atoms with Crippen LogP contribution in [0.2, 0.25) is 0 Å². The van der Waals surface area contributed by atoms with E-state index in [0.29, 0.717) is 6.04 Å². The maximum atomic E-state index is 3.71. The van der Waals surface area contributed by atoms with Gasteiger partial charge in [0.1, 0.15) is 0 Å². The molecular formula is C16H25N. The lowest BCUT2D eigenvalue weighted by Crippen LogP contribution is -2.34. The molecule has 17 heavy (non-hydrogen) atoms. The topological polar surface area (TPSA) is 12.0 Å². The highest BCUT2D eigenvalue weighted by Gasteiger charge is 2.19. The summed E-state index contributed by atoms with van der Waals surface area (Å²) in [5, 5.41) is 3.71. The highest BCUT2D eigenvalue weighted by Crippen LogP contribution is 2.26. The summed E-state index contributed by atoms with van der Waals surface area (Å²) >= 11 is 0. The standard InChI is InChI=1S/C16H25N/c1-13-8-6-7-11-16(13)12-17-14(2)15-9-4-3-5-10-15/h6-8,11,14-15,17H,3-5,9-10,12H2,1-2H3/t14-/m1/s1. The van der Waals surface area contributed by atoms with Crippen molar-refractivity contribution in [2.75, 3.05) is 0 Å². The Morgan fingerprint density at radius 3 is 2.59 bits per heavy atom. The molecule has 1 fully saturated rings. The first-order chi connectivity index (χ1) is 8.27. The minimum absolute atomic E-state index is 0.662. The van der Waals surface area contributed by atoms with Crippen LogP contribution in [0.5, 0.6) is 0 Å². The van der Waals surface area contributed by atoms with Crippen molar-refractivity contribution in [3.8, 4) is 0 Å². The summed E-state index contributed by atoms with van der Waals surface area (Å²) in [6, 6.07) is 9.34. The van der Waals surface area contributed by atoms with Gasteiger partial charge in [0.05, 0.1) is 0 Å². The smallest absolute Gasteiger partial charge is 0.0210 e. The Bertz CT molecular complexity index is 339. The number of hydrogen-bond donors (Lipinski definition) is 1. The van der Waals surface area contributed by atoms with E-state index >= 15 is 0 Å². The fourth-order valence-electron chi connectivity index (χ4n) is 2.88. The molecule has 1 saturated carbocycles. The van der Waals surface area contributed by atoms with Crippen molar-refractivity contribution in [1.82, 2.24) is 5.32 Å². The molecule has 0 unspecified atom stereocenters. The predicted octanol–water partition coefficient (Wildman–Crippen LogP) is 4.05. The number of aryl methyl sites for hydroxylation is 1. The lowest BCUT2D eigenvalue weighted by molar-refractivity contribution is 0.280. The van der Waals surface area contributed by atoms with Gasteiger partial charge in [0.15, 0.2) is 0 Å². The van der Waals surface area contributed by atoms with Crippen molar-refractivity contribution < 1.29 is 0 Å². The molecule has 0 saturated heterocycles. The Hall–Kier alpha value is -0.820. The van der Waals surface area contributed by atoms with Crippen molar-refractivity contribution >= 4 is 0 Å². The van der Waals surface area contributed by atoms with E-state index in [-0.39, 0.29) is 0 Å². The van der Waals surface area contributed by atoms with E-state index in [2.05, 4.69) is 43.4 Å². The normalized spacial score (nSPS) is 19.2.